The molecule has 4 nitrogen and oxygen atoms in total. The van der Waals surface area contributed by atoms with Gasteiger partial charge in [-0.3, -0.25) is 0 Å². The first-order chi connectivity index (χ1) is 9.61. The van der Waals surface area contributed by atoms with Crippen molar-refractivity contribution in [2.75, 3.05) is 5.32 Å². The molecule has 3 rings (SSSR count). The van der Waals surface area contributed by atoms with Crippen molar-refractivity contribution >= 4 is 44.3 Å². The quantitative estimate of drug-likeness (QED) is 0.670. The number of anilines is 1. The largest absolute Gasteiger partial charge is 0.381 e. The van der Waals surface area contributed by atoms with Gasteiger partial charge in [0, 0.05) is 21.7 Å². The highest BCUT2D eigenvalue weighted by Gasteiger charge is 2.03. The fourth-order valence-corrected chi connectivity index (χ4v) is 2.61. The van der Waals surface area contributed by atoms with Gasteiger partial charge in [-0.1, -0.05) is 27.5 Å². The molecule has 0 aliphatic carbocycles. The van der Waals surface area contributed by atoms with E-state index in [4.69, 9.17) is 11.6 Å². The highest BCUT2D eigenvalue weighted by molar-refractivity contribution is 9.10. The summed E-state index contributed by atoms with van der Waals surface area (Å²) in [5, 5.41) is 4.01. The van der Waals surface area contributed by atoms with Crippen LogP contribution < -0.4 is 11.0 Å². The third-order valence-electron chi connectivity index (χ3n) is 3.01. The zero-order chi connectivity index (χ0) is 14.1. The van der Waals surface area contributed by atoms with Gasteiger partial charge in [0.1, 0.15) is 0 Å². The molecule has 0 bridgehead atoms. The molecule has 0 spiro atoms. The number of fused-ring (bicyclic) bond motifs is 1. The van der Waals surface area contributed by atoms with Crippen LogP contribution in [-0.4, -0.2) is 9.97 Å². The third-order valence-corrected chi connectivity index (χ3v) is 3.87. The van der Waals surface area contributed by atoms with Crippen LogP contribution in [0.25, 0.3) is 11.0 Å². The van der Waals surface area contributed by atoms with Crippen LogP contribution in [0.15, 0.2) is 45.7 Å². The SMILES string of the molecule is O=c1[nH]c2ccc(NCc3cc(Br)ccc3Cl)cc2[nH]1. The van der Waals surface area contributed by atoms with Gasteiger partial charge in [-0.15, -0.1) is 0 Å². The molecule has 0 amide bonds. The Hall–Kier alpha value is -1.72. The van der Waals surface area contributed by atoms with E-state index in [0.717, 1.165) is 31.8 Å². The summed E-state index contributed by atoms with van der Waals surface area (Å²) in [4.78, 5) is 16.7. The predicted octanol–water partition coefficient (Wildman–Crippen LogP) is 3.88. The zero-order valence-corrected chi connectivity index (χ0v) is 12.7. The molecule has 0 saturated carbocycles. The van der Waals surface area contributed by atoms with Crippen molar-refractivity contribution in [3.63, 3.8) is 0 Å². The van der Waals surface area contributed by atoms with E-state index in [1.54, 1.807) is 0 Å². The Morgan fingerprint density at radius 2 is 1.90 bits per heavy atom. The number of rotatable bonds is 3. The second kappa shape index (κ2) is 5.34. The normalized spacial score (nSPS) is 10.9. The van der Waals surface area contributed by atoms with E-state index < -0.39 is 0 Å². The molecule has 0 aliphatic heterocycles. The number of benzene rings is 2. The van der Waals surface area contributed by atoms with E-state index >= 15 is 0 Å². The topological polar surface area (TPSA) is 60.7 Å². The van der Waals surface area contributed by atoms with E-state index in [2.05, 4.69) is 31.2 Å². The third kappa shape index (κ3) is 2.73. The Balaban J connectivity index is 1.82. The van der Waals surface area contributed by atoms with Gasteiger partial charge in [-0.2, -0.15) is 0 Å². The smallest absolute Gasteiger partial charge is 0.323 e. The van der Waals surface area contributed by atoms with Gasteiger partial charge in [0.05, 0.1) is 11.0 Å². The van der Waals surface area contributed by atoms with Crippen molar-refractivity contribution in [2.24, 2.45) is 0 Å². The van der Waals surface area contributed by atoms with Crippen molar-refractivity contribution in [3.8, 4) is 0 Å². The monoisotopic (exact) mass is 351 g/mol. The molecule has 0 radical (unpaired) electrons. The number of H-pyrrole nitrogens is 2. The molecule has 0 saturated heterocycles. The van der Waals surface area contributed by atoms with Crippen LogP contribution in [0.5, 0.6) is 0 Å². The van der Waals surface area contributed by atoms with E-state index in [-0.39, 0.29) is 5.69 Å². The minimum absolute atomic E-state index is 0.202. The number of hydrogen-bond donors (Lipinski definition) is 3. The van der Waals surface area contributed by atoms with Gasteiger partial charge in [0.25, 0.3) is 0 Å². The molecule has 0 aliphatic rings. The first-order valence-electron chi connectivity index (χ1n) is 6.02. The summed E-state index contributed by atoms with van der Waals surface area (Å²) in [6.07, 6.45) is 0. The second-order valence-electron chi connectivity index (χ2n) is 4.43. The molecule has 6 heteroatoms. The standard InChI is InChI=1S/C14H11BrClN3O/c15-9-1-3-11(16)8(5-9)7-17-10-2-4-12-13(6-10)19-14(20)18-12/h1-6,17H,7H2,(H2,18,19,20). The Kier molecular flexibility index (Phi) is 3.54. The Bertz CT molecular complexity index is 825. The van der Waals surface area contributed by atoms with Crippen LogP contribution in [0, 0.1) is 0 Å². The lowest BCUT2D eigenvalue weighted by molar-refractivity contribution is 1.15. The fraction of sp³-hybridized carbons (Fsp3) is 0.0714. The van der Waals surface area contributed by atoms with Crippen molar-refractivity contribution in [2.45, 2.75) is 6.54 Å². The van der Waals surface area contributed by atoms with Crippen molar-refractivity contribution in [3.05, 3.63) is 61.9 Å². The van der Waals surface area contributed by atoms with Gasteiger partial charge in [-0.25, -0.2) is 4.79 Å². The number of aromatic nitrogens is 2. The molecule has 0 atom stereocenters. The van der Waals surface area contributed by atoms with E-state index in [9.17, 15) is 4.79 Å². The van der Waals surface area contributed by atoms with Gasteiger partial charge >= 0.3 is 5.69 Å². The number of aromatic amines is 2. The lowest BCUT2D eigenvalue weighted by Crippen LogP contribution is -2.00. The molecule has 0 fully saturated rings. The molecule has 1 heterocycles. The van der Waals surface area contributed by atoms with Crippen LogP contribution in [-0.2, 0) is 6.54 Å². The number of imidazole rings is 1. The summed E-state index contributed by atoms with van der Waals surface area (Å²) in [6.45, 7) is 0.610. The van der Waals surface area contributed by atoms with Crippen LogP contribution in [0.3, 0.4) is 0 Å². The number of nitrogens with one attached hydrogen (secondary N) is 3. The van der Waals surface area contributed by atoms with Crippen molar-refractivity contribution < 1.29 is 0 Å². The highest BCUT2D eigenvalue weighted by atomic mass is 79.9. The molecule has 1 aromatic heterocycles. The molecule has 3 aromatic rings. The van der Waals surface area contributed by atoms with Crippen LogP contribution in [0.4, 0.5) is 5.69 Å². The first kappa shape index (κ1) is 13.3. The average Bonchev–Trinajstić information content (AvgIpc) is 2.79. The second-order valence-corrected chi connectivity index (χ2v) is 5.75. The summed E-state index contributed by atoms with van der Waals surface area (Å²) in [5.41, 5.74) is 3.29. The van der Waals surface area contributed by atoms with Gasteiger partial charge in [-0.05, 0) is 42.0 Å². The van der Waals surface area contributed by atoms with Gasteiger partial charge < -0.3 is 15.3 Å². The summed E-state index contributed by atoms with van der Waals surface area (Å²) in [6, 6.07) is 11.4. The maximum atomic E-state index is 11.2. The lowest BCUT2D eigenvalue weighted by atomic mass is 10.2. The molecule has 102 valence electrons. The maximum Gasteiger partial charge on any atom is 0.323 e. The van der Waals surface area contributed by atoms with Gasteiger partial charge in [0.15, 0.2) is 0 Å². The van der Waals surface area contributed by atoms with Crippen LogP contribution in [0.2, 0.25) is 5.02 Å². The Morgan fingerprint density at radius 1 is 1.10 bits per heavy atom. The van der Waals surface area contributed by atoms with Crippen molar-refractivity contribution in [1.29, 1.82) is 0 Å². The molecule has 3 N–H and O–H groups in total. The van der Waals surface area contributed by atoms with E-state index in [0.29, 0.717) is 6.54 Å². The predicted molar refractivity (Wildman–Crippen MR) is 85.4 cm³/mol. The minimum atomic E-state index is -0.202. The molecule has 20 heavy (non-hydrogen) atoms. The average molecular weight is 353 g/mol. The van der Waals surface area contributed by atoms with E-state index in [1.165, 1.54) is 0 Å². The molecular weight excluding hydrogens is 342 g/mol. The molecule has 2 aromatic carbocycles. The van der Waals surface area contributed by atoms with Crippen LogP contribution in [0.1, 0.15) is 5.56 Å². The molecular formula is C14H11BrClN3O. The van der Waals surface area contributed by atoms with Crippen molar-refractivity contribution in [1.82, 2.24) is 9.97 Å². The van der Waals surface area contributed by atoms with Crippen LogP contribution >= 0.6 is 27.5 Å². The fourth-order valence-electron chi connectivity index (χ4n) is 2.02. The Morgan fingerprint density at radius 3 is 2.75 bits per heavy atom. The number of halogens is 2. The lowest BCUT2D eigenvalue weighted by Gasteiger charge is -2.08. The van der Waals surface area contributed by atoms with Gasteiger partial charge in [0.2, 0.25) is 0 Å². The maximum absolute atomic E-state index is 11.2. The van der Waals surface area contributed by atoms with E-state index in [1.807, 2.05) is 36.4 Å². The minimum Gasteiger partial charge on any atom is -0.381 e. The Labute approximate surface area is 128 Å². The zero-order valence-electron chi connectivity index (χ0n) is 10.3. The summed E-state index contributed by atoms with van der Waals surface area (Å²) < 4.78 is 0.990. The number of hydrogen-bond acceptors (Lipinski definition) is 2. The first-order valence-corrected chi connectivity index (χ1v) is 7.19. The molecule has 0 unspecified atom stereocenters. The summed E-state index contributed by atoms with van der Waals surface area (Å²) in [7, 11) is 0. The highest BCUT2D eigenvalue weighted by Crippen LogP contribution is 2.22. The summed E-state index contributed by atoms with van der Waals surface area (Å²) >= 11 is 9.58. The summed E-state index contributed by atoms with van der Waals surface area (Å²) in [5.74, 6) is 0.